The lowest BCUT2D eigenvalue weighted by Gasteiger charge is -2.14. The van der Waals surface area contributed by atoms with Crippen LogP contribution in [-0.4, -0.2) is 18.6 Å². The first kappa shape index (κ1) is 16.4. The van der Waals surface area contributed by atoms with Gasteiger partial charge in [0.1, 0.15) is 29.3 Å². The second-order valence-electron chi connectivity index (χ2n) is 5.74. The molecule has 1 aromatic rings. The fourth-order valence-electron chi connectivity index (χ4n) is 2.85. The Labute approximate surface area is 137 Å². The van der Waals surface area contributed by atoms with Crippen LogP contribution in [0.15, 0.2) is 42.0 Å². The third kappa shape index (κ3) is 3.22. The van der Waals surface area contributed by atoms with E-state index in [4.69, 9.17) is 4.74 Å². The molecule has 2 aliphatic rings. The number of carbonyl (C=O) groups excluding carboxylic acids is 1. The topological polar surface area (TPSA) is 38.3 Å². The lowest BCUT2D eigenvalue weighted by molar-refractivity contribution is -0.119. The molecule has 24 heavy (non-hydrogen) atoms. The summed E-state index contributed by atoms with van der Waals surface area (Å²) >= 11 is 0. The number of carbonyl (C=O) groups is 1. The maximum absolute atomic E-state index is 14.3. The molecule has 0 aromatic heterocycles. The second-order valence-corrected chi connectivity index (χ2v) is 5.74. The number of rotatable bonds is 3. The zero-order valence-corrected chi connectivity index (χ0v) is 13.0. The molecule has 1 heterocycles. The van der Waals surface area contributed by atoms with E-state index in [2.05, 4.69) is 5.32 Å². The molecule has 0 bridgehead atoms. The molecule has 0 radical (unpaired) electrons. The Balaban J connectivity index is 2.01. The molecule has 1 aliphatic heterocycles. The molecule has 1 aliphatic carbocycles. The number of nitrogens with one attached hydrogen (secondary N) is 1. The summed E-state index contributed by atoms with van der Waals surface area (Å²) < 4.78 is 48.2. The van der Waals surface area contributed by atoms with Crippen molar-refractivity contribution >= 4 is 11.5 Å². The third-order valence-electron chi connectivity index (χ3n) is 3.89. The van der Waals surface area contributed by atoms with E-state index in [0.29, 0.717) is 12.0 Å². The molecule has 0 saturated carbocycles. The maximum Gasteiger partial charge on any atom is 0.217 e. The molecule has 1 amide bonds. The summed E-state index contributed by atoms with van der Waals surface area (Å²) in [5.74, 6) is -2.07. The summed E-state index contributed by atoms with van der Waals surface area (Å²) in [5, 5.41) is 2.62. The lowest BCUT2D eigenvalue weighted by Crippen LogP contribution is -2.32. The monoisotopic (exact) mass is 335 g/mol. The molecule has 0 fully saturated rings. The zero-order chi connectivity index (χ0) is 17.3. The molecule has 1 unspecified atom stereocenters. The molecule has 1 atom stereocenters. The summed E-state index contributed by atoms with van der Waals surface area (Å²) in [6.45, 7) is 1.62. The predicted molar refractivity (Wildman–Crippen MR) is 84.2 cm³/mol. The van der Waals surface area contributed by atoms with E-state index in [-0.39, 0.29) is 35.8 Å². The average Bonchev–Trinajstić information content (AvgIpc) is 2.84. The predicted octanol–water partition coefficient (Wildman–Crippen LogP) is 3.76. The summed E-state index contributed by atoms with van der Waals surface area (Å²) in [6, 6.07) is 2.36. The fraction of sp³-hybridized carbons (Fsp3) is 0.278. The van der Waals surface area contributed by atoms with Gasteiger partial charge in [0.05, 0.1) is 12.1 Å². The van der Waals surface area contributed by atoms with Gasteiger partial charge in [0.25, 0.3) is 0 Å². The lowest BCUT2D eigenvalue weighted by atomic mass is 9.98. The van der Waals surface area contributed by atoms with Gasteiger partial charge in [0, 0.05) is 24.5 Å². The summed E-state index contributed by atoms with van der Waals surface area (Å²) in [4.78, 5) is 11.0. The van der Waals surface area contributed by atoms with E-state index in [1.807, 2.05) is 0 Å². The summed E-state index contributed by atoms with van der Waals surface area (Å²) in [6.07, 6.45) is 4.10. The van der Waals surface area contributed by atoms with E-state index in [9.17, 15) is 18.0 Å². The molecule has 1 N–H and O–H groups in total. The van der Waals surface area contributed by atoms with Gasteiger partial charge in [-0.25, -0.2) is 13.2 Å². The number of ether oxygens (including phenoxy) is 1. The number of hydrogen-bond acceptors (Lipinski definition) is 2. The Kier molecular flexibility index (Phi) is 4.46. The van der Waals surface area contributed by atoms with Crippen LogP contribution >= 0.6 is 0 Å². The highest BCUT2D eigenvalue weighted by molar-refractivity contribution is 5.84. The van der Waals surface area contributed by atoms with Gasteiger partial charge < -0.3 is 10.1 Å². The van der Waals surface area contributed by atoms with Gasteiger partial charge in [-0.2, -0.15) is 0 Å². The quantitative estimate of drug-likeness (QED) is 0.913. The summed E-state index contributed by atoms with van der Waals surface area (Å²) in [7, 11) is 0. The second kappa shape index (κ2) is 6.55. The number of amides is 1. The Hall–Kier alpha value is -2.50. The Morgan fingerprint density at radius 2 is 2.12 bits per heavy atom. The molecule has 0 saturated heterocycles. The van der Waals surface area contributed by atoms with Crippen molar-refractivity contribution in [1.29, 1.82) is 0 Å². The van der Waals surface area contributed by atoms with Crippen LogP contribution < -0.4 is 10.1 Å². The Morgan fingerprint density at radius 1 is 1.33 bits per heavy atom. The van der Waals surface area contributed by atoms with Crippen molar-refractivity contribution in [2.75, 3.05) is 6.54 Å². The van der Waals surface area contributed by atoms with Crippen molar-refractivity contribution in [3.8, 4) is 5.75 Å². The zero-order valence-electron chi connectivity index (χ0n) is 13.0. The number of benzene rings is 1. The average molecular weight is 335 g/mol. The molecular formula is C18H16F3NO2. The smallest absolute Gasteiger partial charge is 0.217 e. The summed E-state index contributed by atoms with van der Waals surface area (Å²) in [5.41, 5.74) is 0.273. The SMILES string of the molecule is CC(=O)NCC1Cc2cc(F)cc(C3=C(F)C=CCC=C3F)c2O1. The van der Waals surface area contributed by atoms with Crippen LogP contribution in [0.25, 0.3) is 5.57 Å². The van der Waals surface area contributed by atoms with E-state index in [1.165, 1.54) is 31.2 Å². The van der Waals surface area contributed by atoms with Gasteiger partial charge in [-0.3, -0.25) is 4.79 Å². The first-order valence-electron chi connectivity index (χ1n) is 7.62. The largest absolute Gasteiger partial charge is 0.487 e. The van der Waals surface area contributed by atoms with Gasteiger partial charge in [-0.15, -0.1) is 0 Å². The van der Waals surface area contributed by atoms with Gasteiger partial charge in [0.15, 0.2) is 0 Å². The van der Waals surface area contributed by atoms with Crippen molar-refractivity contribution in [2.45, 2.75) is 25.9 Å². The van der Waals surface area contributed by atoms with Crippen LogP contribution in [0, 0.1) is 5.82 Å². The van der Waals surface area contributed by atoms with Gasteiger partial charge in [-0.1, -0.05) is 6.08 Å². The molecular weight excluding hydrogens is 319 g/mol. The number of allylic oxidation sites excluding steroid dienone is 6. The first-order chi connectivity index (χ1) is 11.5. The van der Waals surface area contributed by atoms with Crippen LogP contribution in [-0.2, 0) is 11.2 Å². The van der Waals surface area contributed by atoms with Gasteiger partial charge >= 0.3 is 0 Å². The van der Waals surface area contributed by atoms with Crippen molar-refractivity contribution in [3.05, 3.63) is 59.0 Å². The first-order valence-corrected chi connectivity index (χ1v) is 7.62. The van der Waals surface area contributed by atoms with Crippen LogP contribution in [0.2, 0.25) is 0 Å². The third-order valence-corrected chi connectivity index (χ3v) is 3.89. The molecule has 0 spiro atoms. The molecule has 126 valence electrons. The normalized spacial score (nSPS) is 19.5. The minimum atomic E-state index is -0.775. The van der Waals surface area contributed by atoms with Crippen LogP contribution in [0.3, 0.4) is 0 Å². The van der Waals surface area contributed by atoms with Crippen LogP contribution in [0.1, 0.15) is 24.5 Å². The molecule has 3 rings (SSSR count). The Morgan fingerprint density at radius 3 is 2.88 bits per heavy atom. The molecule has 6 heteroatoms. The van der Waals surface area contributed by atoms with Gasteiger partial charge in [0.2, 0.25) is 5.91 Å². The highest BCUT2D eigenvalue weighted by atomic mass is 19.1. The van der Waals surface area contributed by atoms with E-state index >= 15 is 0 Å². The van der Waals surface area contributed by atoms with Crippen molar-refractivity contribution < 1.29 is 22.7 Å². The minimum Gasteiger partial charge on any atom is -0.487 e. The minimum absolute atomic E-state index is 0.0492. The van der Waals surface area contributed by atoms with Crippen molar-refractivity contribution in [3.63, 3.8) is 0 Å². The van der Waals surface area contributed by atoms with Crippen LogP contribution in [0.5, 0.6) is 5.75 Å². The highest BCUT2D eigenvalue weighted by Crippen LogP contribution is 2.42. The number of hydrogen-bond donors (Lipinski definition) is 1. The maximum atomic E-state index is 14.3. The Bertz CT molecular complexity index is 781. The van der Waals surface area contributed by atoms with Crippen LogP contribution in [0.4, 0.5) is 13.2 Å². The van der Waals surface area contributed by atoms with E-state index < -0.39 is 23.6 Å². The van der Waals surface area contributed by atoms with Crippen molar-refractivity contribution in [1.82, 2.24) is 5.32 Å². The van der Waals surface area contributed by atoms with Crippen molar-refractivity contribution in [2.24, 2.45) is 0 Å². The standard InChI is InChI=1S/C18H16F3NO2/c1-10(23)22-9-13-7-11-6-12(19)8-14(18(11)24-13)17-15(20)4-2-3-5-16(17)21/h2,4-6,8,13H,3,7,9H2,1H3,(H,22,23). The van der Waals surface area contributed by atoms with E-state index in [1.54, 1.807) is 0 Å². The van der Waals surface area contributed by atoms with E-state index in [0.717, 1.165) is 6.07 Å². The molecule has 1 aromatic carbocycles. The fourth-order valence-corrected chi connectivity index (χ4v) is 2.85. The van der Waals surface area contributed by atoms with Gasteiger partial charge in [-0.05, 0) is 30.7 Å². The number of halogens is 3. The number of fused-ring (bicyclic) bond motifs is 1. The molecule has 3 nitrogen and oxygen atoms in total. The highest BCUT2D eigenvalue weighted by Gasteiger charge is 2.30.